The van der Waals surface area contributed by atoms with E-state index >= 15 is 0 Å². The first-order chi connectivity index (χ1) is 9.96. The molecule has 6 nitrogen and oxygen atoms in total. The normalized spacial score (nSPS) is 12.3. The molecule has 0 aliphatic heterocycles. The molecule has 7 heteroatoms. The van der Waals surface area contributed by atoms with Crippen LogP contribution in [-0.4, -0.2) is 45.2 Å². The molecule has 1 aromatic rings. The third-order valence-corrected chi connectivity index (χ3v) is 4.87. The van der Waals surface area contributed by atoms with Crippen molar-refractivity contribution in [1.29, 1.82) is 0 Å². The number of ether oxygens (including phenoxy) is 1. The summed E-state index contributed by atoms with van der Waals surface area (Å²) in [6.07, 6.45) is 0. The second-order valence-electron chi connectivity index (χ2n) is 6.06. The van der Waals surface area contributed by atoms with Gasteiger partial charge < -0.3 is 4.74 Å². The van der Waals surface area contributed by atoms with Crippen molar-refractivity contribution < 1.29 is 22.7 Å². The second kappa shape index (κ2) is 6.58. The molecule has 0 spiro atoms. The van der Waals surface area contributed by atoms with Gasteiger partial charge >= 0.3 is 5.97 Å². The number of carbonyl (C=O) groups excluding carboxylic acids is 2. The van der Waals surface area contributed by atoms with E-state index in [1.165, 1.54) is 38.4 Å². The van der Waals surface area contributed by atoms with E-state index in [0.29, 0.717) is 0 Å². The number of sulfonamides is 1. The zero-order chi connectivity index (χ0) is 17.1. The Hall–Kier alpha value is -1.73. The fourth-order valence-electron chi connectivity index (χ4n) is 1.40. The molecule has 0 amide bonds. The zero-order valence-corrected chi connectivity index (χ0v) is 14.2. The van der Waals surface area contributed by atoms with Gasteiger partial charge in [0.1, 0.15) is 0 Å². The van der Waals surface area contributed by atoms with E-state index in [4.69, 9.17) is 4.74 Å². The highest BCUT2D eigenvalue weighted by atomic mass is 32.2. The Kier molecular flexibility index (Phi) is 5.48. The number of rotatable bonds is 5. The number of nitrogens with zero attached hydrogens (tertiary/aromatic N) is 1. The first-order valence-electron chi connectivity index (χ1n) is 6.69. The van der Waals surface area contributed by atoms with Gasteiger partial charge in [-0.25, -0.2) is 17.5 Å². The Morgan fingerprint density at radius 1 is 1.09 bits per heavy atom. The minimum atomic E-state index is -3.54. The van der Waals surface area contributed by atoms with Crippen molar-refractivity contribution in [3.63, 3.8) is 0 Å². The largest absolute Gasteiger partial charge is 0.454 e. The van der Waals surface area contributed by atoms with Crippen LogP contribution in [0.1, 0.15) is 31.1 Å². The van der Waals surface area contributed by atoms with Crippen molar-refractivity contribution in [2.24, 2.45) is 5.41 Å². The fourth-order valence-corrected chi connectivity index (χ4v) is 2.31. The molecule has 1 rings (SSSR count). The van der Waals surface area contributed by atoms with Gasteiger partial charge in [-0.2, -0.15) is 0 Å². The number of esters is 1. The molecule has 122 valence electrons. The van der Waals surface area contributed by atoms with Gasteiger partial charge in [0.05, 0.1) is 10.5 Å². The minimum Gasteiger partial charge on any atom is -0.454 e. The van der Waals surface area contributed by atoms with Gasteiger partial charge in [0.2, 0.25) is 10.0 Å². The highest BCUT2D eigenvalue weighted by Gasteiger charge is 2.23. The van der Waals surface area contributed by atoms with Crippen LogP contribution in [0, 0.1) is 5.41 Å². The molecule has 0 N–H and O–H groups in total. The van der Waals surface area contributed by atoms with E-state index in [1.54, 1.807) is 20.8 Å². The molecular weight excluding hydrogens is 306 g/mol. The molecule has 22 heavy (non-hydrogen) atoms. The topological polar surface area (TPSA) is 80.8 Å². The van der Waals surface area contributed by atoms with E-state index in [2.05, 4.69) is 0 Å². The third-order valence-electron chi connectivity index (χ3n) is 3.04. The number of benzene rings is 1. The van der Waals surface area contributed by atoms with Gasteiger partial charge in [0.25, 0.3) is 0 Å². The van der Waals surface area contributed by atoms with Crippen molar-refractivity contribution in [1.82, 2.24) is 4.31 Å². The lowest BCUT2D eigenvalue weighted by molar-refractivity contribution is -0.129. The smallest absolute Gasteiger partial charge is 0.338 e. The quantitative estimate of drug-likeness (QED) is 0.769. The van der Waals surface area contributed by atoms with E-state index in [9.17, 15) is 18.0 Å². The maximum Gasteiger partial charge on any atom is 0.338 e. The Morgan fingerprint density at radius 2 is 1.59 bits per heavy atom. The second-order valence-corrected chi connectivity index (χ2v) is 8.21. The monoisotopic (exact) mass is 327 g/mol. The molecule has 0 saturated carbocycles. The van der Waals surface area contributed by atoms with Crippen LogP contribution < -0.4 is 0 Å². The summed E-state index contributed by atoms with van der Waals surface area (Å²) < 4.78 is 29.8. The average molecular weight is 327 g/mol. The first-order valence-corrected chi connectivity index (χ1v) is 8.13. The summed E-state index contributed by atoms with van der Waals surface area (Å²) in [4.78, 5) is 23.6. The van der Waals surface area contributed by atoms with Crippen LogP contribution in [0.5, 0.6) is 0 Å². The summed E-state index contributed by atoms with van der Waals surface area (Å²) in [7, 11) is -0.685. The predicted octanol–water partition coefficient (Wildman–Crippen LogP) is 1.71. The summed E-state index contributed by atoms with van der Waals surface area (Å²) in [6, 6.07) is 5.38. The number of hydrogen-bond donors (Lipinski definition) is 0. The van der Waals surface area contributed by atoms with E-state index in [-0.39, 0.29) is 22.8 Å². The Bertz CT molecular complexity index is 654. The van der Waals surface area contributed by atoms with Gasteiger partial charge in [0.15, 0.2) is 12.4 Å². The maximum atomic E-state index is 11.9. The summed E-state index contributed by atoms with van der Waals surface area (Å²) in [5, 5.41) is 0. The van der Waals surface area contributed by atoms with Crippen LogP contribution in [0.15, 0.2) is 29.2 Å². The van der Waals surface area contributed by atoms with Gasteiger partial charge in [-0.1, -0.05) is 20.8 Å². The highest BCUT2D eigenvalue weighted by Crippen LogP contribution is 2.16. The van der Waals surface area contributed by atoms with Crippen molar-refractivity contribution in [2.45, 2.75) is 25.7 Å². The molecule has 0 fully saturated rings. The molecule has 0 aliphatic rings. The first kappa shape index (κ1) is 18.3. The molecule has 0 aromatic heterocycles. The summed E-state index contributed by atoms with van der Waals surface area (Å²) in [5.74, 6) is -0.848. The van der Waals surface area contributed by atoms with Gasteiger partial charge in [0, 0.05) is 19.5 Å². The van der Waals surface area contributed by atoms with Crippen molar-refractivity contribution in [2.75, 3.05) is 20.7 Å². The van der Waals surface area contributed by atoms with Crippen LogP contribution in [0.4, 0.5) is 0 Å². The van der Waals surface area contributed by atoms with Crippen molar-refractivity contribution >= 4 is 21.8 Å². The Morgan fingerprint density at radius 3 is 2.00 bits per heavy atom. The molecule has 0 bridgehead atoms. The van der Waals surface area contributed by atoms with Gasteiger partial charge in [-0.15, -0.1) is 0 Å². The van der Waals surface area contributed by atoms with Crippen LogP contribution >= 0.6 is 0 Å². The highest BCUT2D eigenvalue weighted by molar-refractivity contribution is 7.89. The Labute approximate surface area is 131 Å². The van der Waals surface area contributed by atoms with E-state index in [0.717, 1.165) is 4.31 Å². The lowest BCUT2D eigenvalue weighted by atomic mass is 9.91. The molecule has 1 aromatic carbocycles. The third kappa shape index (κ3) is 4.38. The minimum absolute atomic E-state index is 0.0832. The molecular formula is C15H21NO5S. The number of hydrogen-bond acceptors (Lipinski definition) is 5. The standard InChI is InChI=1S/C15H21NO5S/c1-15(2,3)13(17)10-21-14(18)11-6-8-12(9-7-11)22(19,20)16(4)5/h6-9H,10H2,1-5H3. The number of Topliss-reactive ketones (excluding diaryl/α,β-unsaturated/α-hetero) is 1. The molecule has 0 unspecified atom stereocenters. The number of carbonyl (C=O) groups is 2. The molecule has 0 heterocycles. The average Bonchev–Trinajstić information content (AvgIpc) is 2.43. The lowest BCUT2D eigenvalue weighted by Crippen LogP contribution is -2.26. The van der Waals surface area contributed by atoms with E-state index < -0.39 is 21.4 Å². The van der Waals surface area contributed by atoms with Crippen LogP contribution in [0.25, 0.3) is 0 Å². The van der Waals surface area contributed by atoms with Crippen molar-refractivity contribution in [3.8, 4) is 0 Å². The summed E-state index contributed by atoms with van der Waals surface area (Å²) in [5.41, 5.74) is -0.386. The van der Waals surface area contributed by atoms with Crippen LogP contribution in [-0.2, 0) is 19.6 Å². The summed E-state index contributed by atoms with van der Waals surface area (Å²) in [6.45, 7) is 4.91. The van der Waals surface area contributed by atoms with Crippen molar-refractivity contribution in [3.05, 3.63) is 29.8 Å². The fraction of sp³-hybridized carbons (Fsp3) is 0.467. The molecule has 0 atom stereocenters. The van der Waals surface area contributed by atoms with Crippen LogP contribution in [0.3, 0.4) is 0 Å². The van der Waals surface area contributed by atoms with Gasteiger partial charge in [-0.3, -0.25) is 4.79 Å². The lowest BCUT2D eigenvalue weighted by Gasteiger charge is -2.16. The van der Waals surface area contributed by atoms with Gasteiger partial charge in [-0.05, 0) is 24.3 Å². The molecule has 0 saturated heterocycles. The maximum absolute atomic E-state index is 11.9. The molecule has 0 aliphatic carbocycles. The molecule has 0 radical (unpaired) electrons. The predicted molar refractivity (Wildman–Crippen MR) is 82.1 cm³/mol. The number of ketones is 1. The SMILES string of the molecule is CN(C)S(=O)(=O)c1ccc(C(=O)OCC(=O)C(C)(C)C)cc1. The zero-order valence-electron chi connectivity index (χ0n) is 13.4. The summed E-state index contributed by atoms with van der Waals surface area (Å²) >= 11 is 0. The Balaban J connectivity index is 2.80. The van der Waals surface area contributed by atoms with Crippen LogP contribution in [0.2, 0.25) is 0 Å². The van der Waals surface area contributed by atoms with E-state index in [1.807, 2.05) is 0 Å².